The molecule has 17 heavy (non-hydrogen) atoms. The van der Waals surface area contributed by atoms with Gasteiger partial charge in [-0.2, -0.15) is 5.26 Å². The summed E-state index contributed by atoms with van der Waals surface area (Å²) in [5.41, 5.74) is 0.736. The molecule has 0 radical (unpaired) electrons. The van der Waals surface area contributed by atoms with Crippen LogP contribution in [0.5, 0.6) is 11.5 Å². The van der Waals surface area contributed by atoms with Crippen LogP contribution in [0.1, 0.15) is 19.4 Å². The molecule has 4 heteroatoms. The third kappa shape index (κ3) is 3.69. The summed E-state index contributed by atoms with van der Waals surface area (Å²) in [6, 6.07) is 7.24. The highest BCUT2D eigenvalue weighted by Gasteiger charge is 2.07. The standard InChI is InChI=1S/C13H14ClNO2/c1-3-16-12-6-5-10(11(14)7-8-15)9-13(12)17-4-2/h5-7,9H,3-4H2,1-2H3/b11-7-. The molecule has 0 bridgehead atoms. The molecule has 0 aliphatic heterocycles. The summed E-state index contributed by atoms with van der Waals surface area (Å²) in [5, 5.41) is 8.93. The van der Waals surface area contributed by atoms with Crippen LogP contribution in [-0.2, 0) is 0 Å². The van der Waals surface area contributed by atoms with E-state index in [4.69, 9.17) is 26.3 Å². The SMILES string of the molecule is CCOc1ccc(/C(Cl)=C/C#N)cc1OCC. The first-order valence-electron chi connectivity index (χ1n) is 5.38. The molecule has 0 heterocycles. The van der Waals surface area contributed by atoms with Gasteiger partial charge in [-0.3, -0.25) is 0 Å². The van der Waals surface area contributed by atoms with Crippen molar-refractivity contribution in [2.75, 3.05) is 13.2 Å². The Balaban J connectivity index is 3.09. The number of hydrogen-bond acceptors (Lipinski definition) is 3. The van der Waals surface area contributed by atoms with E-state index < -0.39 is 0 Å². The molecule has 0 aromatic heterocycles. The van der Waals surface area contributed by atoms with E-state index in [0.29, 0.717) is 29.7 Å². The lowest BCUT2D eigenvalue weighted by Gasteiger charge is -2.11. The monoisotopic (exact) mass is 251 g/mol. The Labute approximate surface area is 106 Å². The van der Waals surface area contributed by atoms with Crippen LogP contribution >= 0.6 is 11.6 Å². The second kappa shape index (κ2) is 6.82. The zero-order chi connectivity index (χ0) is 12.7. The fourth-order valence-electron chi connectivity index (χ4n) is 1.34. The van der Waals surface area contributed by atoms with E-state index in [2.05, 4.69) is 0 Å². The van der Waals surface area contributed by atoms with Crippen LogP contribution in [0.3, 0.4) is 0 Å². The highest BCUT2D eigenvalue weighted by molar-refractivity contribution is 6.49. The van der Waals surface area contributed by atoms with Crippen molar-refractivity contribution in [2.24, 2.45) is 0 Å². The normalized spacial score (nSPS) is 10.8. The minimum absolute atomic E-state index is 0.386. The predicted molar refractivity (Wildman–Crippen MR) is 68.2 cm³/mol. The van der Waals surface area contributed by atoms with Crippen molar-refractivity contribution in [1.82, 2.24) is 0 Å². The minimum Gasteiger partial charge on any atom is -0.490 e. The number of hydrogen-bond donors (Lipinski definition) is 0. The Morgan fingerprint density at radius 3 is 2.53 bits per heavy atom. The lowest BCUT2D eigenvalue weighted by atomic mass is 10.2. The highest BCUT2D eigenvalue weighted by atomic mass is 35.5. The summed E-state index contributed by atoms with van der Waals surface area (Å²) >= 11 is 5.95. The Kier molecular flexibility index (Phi) is 5.38. The van der Waals surface area contributed by atoms with Crippen molar-refractivity contribution >= 4 is 16.6 Å². The molecule has 1 aromatic rings. The number of nitriles is 1. The summed E-state index contributed by atoms with van der Waals surface area (Å²) in [6.07, 6.45) is 1.28. The molecule has 0 saturated heterocycles. The quantitative estimate of drug-likeness (QED) is 0.751. The molecule has 1 rings (SSSR count). The fraction of sp³-hybridized carbons (Fsp3) is 0.308. The topological polar surface area (TPSA) is 42.2 Å². The summed E-state index contributed by atoms with van der Waals surface area (Å²) in [4.78, 5) is 0. The van der Waals surface area contributed by atoms with Gasteiger partial charge in [0.2, 0.25) is 0 Å². The van der Waals surface area contributed by atoms with Gasteiger partial charge in [0.25, 0.3) is 0 Å². The predicted octanol–water partition coefficient (Wildman–Crippen LogP) is 3.59. The Bertz CT molecular complexity index is 449. The van der Waals surface area contributed by atoms with Gasteiger partial charge in [-0.1, -0.05) is 11.6 Å². The first-order chi connectivity index (χ1) is 8.22. The van der Waals surface area contributed by atoms with E-state index in [-0.39, 0.29) is 0 Å². The van der Waals surface area contributed by atoms with Crippen LogP contribution in [0.4, 0.5) is 0 Å². The maximum atomic E-state index is 8.54. The van der Waals surface area contributed by atoms with Gasteiger partial charge in [-0.15, -0.1) is 0 Å². The molecule has 0 saturated carbocycles. The maximum Gasteiger partial charge on any atom is 0.161 e. The van der Waals surface area contributed by atoms with Gasteiger partial charge in [-0.25, -0.2) is 0 Å². The van der Waals surface area contributed by atoms with E-state index >= 15 is 0 Å². The molecule has 0 amide bonds. The molecule has 0 N–H and O–H groups in total. The maximum absolute atomic E-state index is 8.54. The van der Waals surface area contributed by atoms with Gasteiger partial charge in [0.05, 0.1) is 24.3 Å². The second-order valence-electron chi connectivity index (χ2n) is 3.15. The molecule has 3 nitrogen and oxygen atoms in total. The zero-order valence-corrected chi connectivity index (χ0v) is 10.6. The Hall–Kier alpha value is -1.66. The van der Waals surface area contributed by atoms with Crippen LogP contribution in [0.2, 0.25) is 0 Å². The van der Waals surface area contributed by atoms with Gasteiger partial charge in [0.1, 0.15) is 0 Å². The van der Waals surface area contributed by atoms with Crippen LogP contribution in [0, 0.1) is 11.3 Å². The van der Waals surface area contributed by atoms with E-state index in [1.165, 1.54) is 6.08 Å². The van der Waals surface area contributed by atoms with Crippen molar-refractivity contribution in [3.8, 4) is 17.6 Å². The van der Waals surface area contributed by atoms with E-state index in [9.17, 15) is 0 Å². The van der Waals surface area contributed by atoms with E-state index in [0.717, 1.165) is 5.56 Å². The largest absolute Gasteiger partial charge is 0.490 e. The van der Waals surface area contributed by atoms with Crippen molar-refractivity contribution in [3.05, 3.63) is 29.8 Å². The molecule has 0 aliphatic rings. The summed E-state index contributed by atoms with van der Waals surface area (Å²) in [7, 11) is 0. The summed E-state index contributed by atoms with van der Waals surface area (Å²) in [5.74, 6) is 1.32. The van der Waals surface area contributed by atoms with Gasteiger partial charge < -0.3 is 9.47 Å². The smallest absolute Gasteiger partial charge is 0.161 e. The molecule has 0 atom stereocenters. The summed E-state index contributed by atoms with van der Waals surface area (Å²) in [6.45, 7) is 4.92. The highest BCUT2D eigenvalue weighted by Crippen LogP contribution is 2.32. The van der Waals surface area contributed by atoms with Gasteiger partial charge in [0.15, 0.2) is 11.5 Å². The van der Waals surface area contributed by atoms with Crippen LogP contribution in [0.15, 0.2) is 24.3 Å². The van der Waals surface area contributed by atoms with Crippen LogP contribution < -0.4 is 9.47 Å². The zero-order valence-electron chi connectivity index (χ0n) is 9.87. The first-order valence-corrected chi connectivity index (χ1v) is 5.76. The molecular formula is C13H14ClNO2. The molecule has 0 unspecified atom stereocenters. The third-order valence-electron chi connectivity index (χ3n) is 2.01. The molecular weight excluding hydrogens is 238 g/mol. The van der Waals surface area contributed by atoms with Crippen LogP contribution in [-0.4, -0.2) is 13.2 Å². The van der Waals surface area contributed by atoms with Gasteiger partial charge in [-0.05, 0) is 37.6 Å². The molecule has 90 valence electrons. The minimum atomic E-state index is 0.386. The molecule has 0 aliphatic carbocycles. The fourth-order valence-corrected chi connectivity index (χ4v) is 1.51. The number of ether oxygens (including phenoxy) is 2. The van der Waals surface area contributed by atoms with Crippen molar-refractivity contribution in [1.29, 1.82) is 5.26 Å². The summed E-state index contributed by atoms with van der Waals surface area (Å²) < 4.78 is 10.9. The first kappa shape index (κ1) is 13.4. The molecule has 1 aromatic carbocycles. The number of nitrogens with zero attached hydrogens (tertiary/aromatic N) is 1. The Morgan fingerprint density at radius 2 is 1.94 bits per heavy atom. The number of benzene rings is 1. The Morgan fingerprint density at radius 1 is 1.29 bits per heavy atom. The molecule has 0 spiro atoms. The lowest BCUT2D eigenvalue weighted by Crippen LogP contribution is -1.98. The third-order valence-corrected chi connectivity index (χ3v) is 2.34. The van der Waals surface area contributed by atoms with Crippen molar-refractivity contribution in [3.63, 3.8) is 0 Å². The number of allylic oxidation sites excluding steroid dienone is 1. The van der Waals surface area contributed by atoms with Gasteiger partial charge >= 0.3 is 0 Å². The average molecular weight is 252 g/mol. The average Bonchev–Trinajstić information content (AvgIpc) is 2.32. The number of halogens is 1. The van der Waals surface area contributed by atoms with Crippen molar-refractivity contribution in [2.45, 2.75) is 13.8 Å². The van der Waals surface area contributed by atoms with Crippen LogP contribution in [0.25, 0.3) is 5.03 Å². The van der Waals surface area contributed by atoms with E-state index in [1.54, 1.807) is 18.2 Å². The number of rotatable bonds is 5. The second-order valence-corrected chi connectivity index (χ2v) is 3.56. The van der Waals surface area contributed by atoms with E-state index in [1.807, 2.05) is 19.9 Å². The lowest BCUT2D eigenvalue weighted by molar-refractivity contribution is 0.287. The van der Waals surface area contributed by atoms with Crippen molar-refractivity contribution < 1.29 is 9.47 Å². The molecule has 0 fully saturated rings. The van der Waals surface area contributed by atoms with Gasteiger partial charge in [0, 0.05) is 6.08 Å².